The van der Waals surface area contributed by atoms with Gasteiger partial charge in [-0.15, -0.1) is 0 Å². The molecule has 1 aromatic rings. The maximum Gasteiger partial charge on any atom is 0.338 e. The maximum absolute atomic E-state index is 12.6. The third-order valence-corrected chi connectivity index (χ3v) is 6.88. The zero-order valence-corrected chi connectivity index (χ0v) is 18.0. The zero-order valence-electron chi connectivity index (χ0n) is 18.0. The van der Waals surface area contributed by atoms with Crippen molar-refractivity contribution in [1.29, 1.82) is 0 Å². The van der Waals surface area contributed by atoms with Crippen molar-refractivity contribution in [2.45, 2.75) is 96.5 Å². The second-order valence-electron chi connectivity index (χ2n) is 9.24. The summed E-state index contributed by atoms with van der Waals surface area (Å²) in [6.45, 7) is 2.46. The highest BCUT2D eigenvalue weighted by atomic mass is 17.1. The number of carbonyl (C=O) groups excluding carboxylic acids is 1. The van der Waals surface area contributed by atoms with Crippen molar-refractivity contribution in [3.05, 3.63) is 34.9 Å². The Labute approximate surface area is 175 Å². The molecule has 2 saturated carbocycles. The predicted octanol–water partition coefficient (Wildman–Crippen LogP) is 7.01. The summed E-state index contributed by atoms with van der Waals surface area (Å²) >= 11 is 0. The van der Waals surface area contributed by atoms with Gasteiger partial charge in [0.2, 0.25) is 0 Å². The highest BCUT2D eigenvalue weighted by Crippen LogP contribution is 2.32. The predicted molar refractivity (Wildman–Crippen MR) is 115 cm³/mol. The monoisotopic (exact) mass is 402 g/mol. The molecule has 0 radical (unpaired) electrons. The molecule has 0 heterocycles. The van der Waals surface area contributed by atoms with Gasteiger partial charge in [0.25, 0.3) is 0 Å². The van der Waals surface area contributed by atoms with Crippen molar-refractivity contribution in [2.24, 2.45) is 11.8 Å². The van der Waals surface area contributed by atoms with Crippen molar-refractivity contribution in [1.82, 2.24) is 0 Å². The fourth-order valence-electron chi connectivity index (χ4n) is 5.14. The second-order valence-corrected chi connectivity index (χ2v) is 9.24. The third-order valence-electron chi connectivity index (χ3n) is 6.88. The molecule has 2 fully saturated rings. The van der Waals surface area contributed by atoms with Crippen LogP contribution in [-0.2, 0) is 9.62 Å². The van der Waals surface area contributed by atoms with E-state index in [1.807, 2.05) is 25.1 Å². The second kappa shape index (κ2) is 11.7. The average Bonchev–Trinajstić information content (AvgIpc) is 2.75. The normalized spacial score (nSPS) is 19.8. The Hall–Kier alpha value is -1.39. The number of rotatable bonds is 9. The molecule has 0 spiro atoms. The van der Waals surface area contributed by atoms with E-state index in [4.69, 9.17) is 9.62 Å². The fraction of sp³-hybridized carbons (Fsp3) is 0.720. The molecule has 4 nitrogen and oxygen atoms in total. The van der Waals surface area contributed by atoms with Gasteiger partial charge in [-0.05, 0) is 61.3 Å². The largest absolute Gasteiger partial charge is 0.462 e. The van der Waals surface area contributed by atoms with Crippen LogP contribution < -0.4 is 0 Å². The van der Waals surface area contributed by atoms with E-state index in [0.717, 1.165) is 36.3 Å². The summed E-state index contributed by atoms with van der Waals surface area (Å²) in [4.78, 5) is 17.4. The summed E-state index contributed by atoms with van der Waals surface area (Å²) in [5, 5.41) is 9.50. The lowest BCUT2D eigenvalue weighted by molar-refractivity contribution is -0.283. The molecule has 2 aliphatic carbocycles. The minimum absolute atomic E-state index is 0.269. The van der Waals surface area contributed by atoms with E-state index in [2.05, 4.69) is 0 Å². The van der Waals surface area contributed by atoms with E-state index in [9.17, 15) is 10.1 Å². The molecule has 0 aromatic heterocycles. The fourth-order valence-corrected chi connectivity index (χ4v) is 5.14. The summed E-state index contributed by atoms with van der Waals surface area (Å²) in [7, 11) is 0. The highest BCUT2D eigenvalue weighted by molar-refractivity contribution is 5.89. The average molecular weight is 403 g/mol. The van der Waals surface area contributed by atoms with Gasteiger partial charge in [0, 0.05) is 0 Å². The first kappa shape index (κ1) is 22.3. The smallest absolute Gasteiger partial charge is 0.338 e. The van der Waals surface area contributed by atoms with Gasteiger partial charge in [0.15, 0.2) is 0 Å². The van der Waals surface area contributed by atoms with E-state index >= 15 is 0 Å². The van der Waals surface area contributed by atoms with Crippen LogP contribution in [0.25, 0.3) is 0 Å². The van der Waals surface area contributed by atoms with Gasteiger partial charge < -0.3 is 4.74 Å². The lowest BCUT2D eigenvalue weighted by Gasteiger charge is -2.23. The molecule has 3 rings (SSSR count). The molecule has 0 amide bonds. The number of ether oxygens (including phenoxy) is 1. The van der Waals surface area contributed by atoms with Gasteiger partial charge in [-0.1, -0.05) is 70.3 Å². The van der Waals surface area contributed by atoms with Crippen molar-refractivity contribution >= 4 is 5.97 Å². The van der Waals surface area contributed by atoms with Gasteiger partial charge in [-0.2, -0.15) is 0 Å². The molecule has 0 bridgehead atoms. The van der Waals surface area contributed by atoms with E-state index in [0.29, 0.717) is 18.1 Å². The van der Waals surface area contributed by atoms with Crippen LogP contribution in [0.3, 0.4) is 0 Å². The quantitative estimate of drug-likeness (QED) is 0.274. The van der Waals surface area contributed by atoms with Crippen molar-refractivity contribution in [2.75, 3.05) is 6.61 Å². The molecule has 4 heteroatoms. The standard InChI is InChI=1S/C25H38O4/c1-19-16-22(24(29-27)13-12-20-8-4-2-5-9-20)18-23(17-19)25(26)28-15-14-21-10-6-3-7-11-21/h16-18,20-21,24,27H,2-15H2,1H3. The minimum Gasteiger partial charge on any atom is -0.462 e. The third kappa shape index (κ3) is 7.11. The van der Waals surface area contributed by atoms with Crippen molar-refractivity contribution < 1.29 is 19.7 Å². The van der Waals surface area contributed by atoms with Crippen LogP contribution in [0, 0.1) is 18.8 Å². The molecular formula is C25H38O4. The van der Waals surface area contributed by atoms with Gasteiger partial charge in [-0.3, -0.25) is 5.26 Å². The topological polar surface area (TPSA) is 55.8 Å². The Morgan fingerprint density at radius 3 is 2.21 bits per heavy atom. The SMILES string of the molecule is Cc1cc(C(=O)OCCC2CCCCC2)cc(C(CCC2CCCCC2)OO)c1. The molecule has 1 aromatic carbocycles. The molecular weight excluding hydrogens is 364 g/mol. The molecule has 1 N–H and O–H groups in total. The Balaban J connectivity index is 1.54. The molecule has 29 heavy (non-hydrogen) atoms. The summed E-state index contributed by atoms with van der Waals surface area (Å²) < 4.78 is 5.57. The summed E-state index contributed by atoms with van der Waals surface area (Å²) in [5.41, 5.74) is 2.41. The number of aryl methyl sites for hydroxylation is 1. The number of carbonyl (C=O) groups is 1. The molecule has 162 valence electrons. The van der Waals surface area contributed by atoms with E-state index in [1.54, 1.807) is 0 Å². The van der Waals surface area contributed by atoms with Crippen LogP contribution in [0.15, 0.2) is 18.2 Å². The molecule has 1 unspecified atom stereocenters. The van der Waals surface area contributed by atoms with E-state index < -0.39 is 0 Å². The summed E-state index contributed by atoms with van der Waals surface area (Å²) in [5.74, 6) is 1.17. The lowest BCUT2D eigenvalue weighted by Crippen LogP contribution is -2.14. The van der Waals surface area contributed by atoms with E-state index in [1.165, 1.54) is 64.2 Å². The van der Waals surface area contributed by atoms with Gasteiger partial charge in [0.1, 0.15) is 6.10 Å². The van der Waals surface area contributed by atoms with Gasteiger partial charge in [0.05, 0.1) is 12.2 Å². The van der Waals surface area contributed by atoms with Crippen LogP contribution in [0.5, 0.6) is 0 Å². The van der Waals surface area contributed by atoms with Crippen LogP contribution in [0.4, 0.5) is 0 Å². The van der Waals surface area contributed by atoms with Crippen LogP contribution in [0.1, 0.15) is 111 Å². The first-order valence-corrected chi connectivity index (χ1v) is 11.7. The van der Waals surface area contributed by atoms with E-state index in [-0.39, 0.29) is 12.1 Å². The Morgan fingerprint density at radius 2 is 1.59 bits per heavy atom. The molecule has 2 aliphatic rings. The minimum atomic E-state index is -0.384. The first-order valence-electron chi connectivity index (χ1n) is 11.7. The number of benzene rings is 1. The van der Waals surface area contributed by atoms with Crippen molar-refractivity contribution in [3.8, 4) is 0 Å². The molecule has 1 atom stereocenters. The number of hydrogen-bond donors (Lipinski definition) is 1. The summed E-state index contributed by atoms with van der Waals surface area (Å²) in [6, 6.07) is 5.69. The Bertz CT molecular complexity index is 630. The zero-order chi connectivity index (χ0) is 20.5. The summed E-state index contributed by atoms with van der Waals surface area (Å²) in [6.07, 6.45) is 15.5. The molecule has 0 aliphatic heterocycles. The van der Waals surface area contributed by atoms with Crippen LogP contribution >= 0.6 is 0 Å². The van der Waals surface area contributed by atoms with Crippen LogP contribution in [0.2, 0.25) is 0 Å². The lowest BCUT2D eigenvalue weighted by atomic mass is 9.85. The van der Waals surface area contributed by atoms with Crippen molar-refractivity contribution in [3.63, 3.8) is 0 Å². The Kier molecular flexibility index (Phi) is 9.00. The Morgan fingerprint density at radius 1 is 0.966 bits per heavy atom. The molecule has 0 saturated heterocycles. The number of esters is 1. The highest BCUT2D eigenvalue weighted by Gasteiger charge is 2.20. The van der Waals surface area contributed by atoms with Gasteiger partial charge in [-0.25, -0.2) is 9.68 Å². The van der Waals surface area contributed by atoms with Crippen LogP contribution in [-0.4, -0.2) is 17.8 Å². The maximum atomic E-state index is 12.6. The number of hydrogen-bond acceptors (Lipinski definition) is 4. The first-order chi connectivity index (χ1) is 14.2. The van der Waals surface area contributed by atoms with Gasteiger partial charge >= 0.3 is 5.97 Å².